The molecular formula is C17H22FN3O2S. The quantitative estimate of drug-likeness (QED) is 0.869. The average molecular weight is 351 g/mol. The fraction of sp³-hybridized carbons (Fsp3) is 0.529. The SMILES string of the molecule is Cc1noc(C)c1CC(=O)NC[C@@H]1C[C@H](F)CN1Cc1cccs1. The summed E-state index contributed by atoms with van der Waals surface area (Å²) in [5.74, 6) is 0.592. The van der Waals surface area contributed by atoms with E-state index in [4.69, 9.17) is 4.52 Å². The van der Waals surface area contributed by atoms with E-state index in [9.17, 15) is 9.18 Å². The lowest BCUT2D eigenvalue weighted by atomic mass is 10.1. The van der Waals surface area contributed by atoms with Gasteiger partial charge in [0.2, 0.25) is 5.91 Å². The summed E-state index contributed by atoms with van der Waals surface area (Å²) in [7, 11) is 0. The smallest absolute Gasteiger partial charge is 0.224 e. The Hall–Kier alpha value is -1.73. The molecule has 3 heterocycles. The Morgan fingerprint density at radius 3 is 3.04 bits per heavy atom. The Kier molecular flexibility index (Phi) is 5.30. The summed E-state index contributed by atoms with van der Waals surface area (Å²) in [6, 6.07) is 4.10. The fourth-order valence-electron chi connectivity index (χ4n) is 3.14. The van der Waals surface area contributed by atoms with Gasteiger partial charge in [-0.2, -0.15) is 0 Å². The van der Waals surface area contributed by atoms with Crippen LogP contribution in [0.3, 0.4) is 0 Å². The van der Waals surface area contributed by atoms with Crippen LogP contribution in [0.15, 0.2) is 22.0 Å². The van der Waals surface area contributed by atoms with Gasteiger partial charge in [0, 0.05) is 36.1 Å². The minimum Gasteiger partial charge on any atom is -0.361 e. The van der Waals surface area contributed by atoms with E-state index in [0.717, 1.165) is 17.8 Å². The number of carbonyl (C=O) groups excluding carboxylic acids is 1. The van der Waals surface area contributed by atoms with Gasteiger partial charge in [-0.3, -0.25) is 9.69 Å². The van der Waals surface area contributed by atoms with Crippen molar-refractivity contribution in [2.45, 2.75) is 45.4 Å². The number of carbonyl (C=O) groups is 1. The monoisotopic (exact) mass is 351 g/mol. The zero-order valence-corrected chi connectivity index (χ0v) is 14.7. The highest BCUT2D eigenvalue weighted by Gasteiger charge is 2.32. The van der Waals surface area contributed by atoms with Crippen LogP contribution in [0.4, 0.5) is 4.39 Å². The molecule has 2 aromatic heterocycles. The van der Waals surface area contributed by atoms with Crippen LogP contribution in [-0.4, -0.2) is 41.3 Å². The summed E-state index contributed by atoms with van der Waals surface area (Å²) in [6.07, 6.45) is -0.107. The summed E-state index contributed by atoms with van der Waals surface area (Å²) >= 11 is 1.67. The molecule has 0 spiro atoms. The number of nitrogens with zero attached hydrogens (tertiary/aromatic N) is 2. The van der Waals surface area contributed by atoms with Gasteiger partial charge >= 0.3 is 0 Å². The molecule has 0 bridgehead atoms. The minimum atomic E-state index is -0.825. The lowest BCUT2D eigenvalue weighted by Gasteiger charge is -2.23. The highest BCUT2D eigenvalue weighted by atomic mass is 32.1. The van der Waals surface area contributed by atoms with Crippen molar-refractivity contribution in [2.75, 3.05) is 13.1 Å². The van der Waals surface area contributed by atoms with Crippen LogP contribution in [0.5, 0.6) is 0 Å². The Bertz CT molecular complexity index is 667. The fourth-order valence-corrected chi connectivity index (χ4v) is 3.87. The standard InChI is InChI=1S/C17H22FN3O2S/c1-11-16(12(2)23-20-11)7-17(22)19-8-14-6-13(18)9-21(14)10-15-4-3-5-24-15/h3-5,13-14H,6-10H2,1-2H3,(H,19,22)/t13-,14-/m0/s1. The molecule has 1 saturated heterocycles. The van der Waals surface area contributed by atoms with Crippen molar-refractivity contribution in [3.05, 3.63) is 39.4 Å². The molecule has 24 heavy (non-hydrogen) atoms. The number of hydrogen-bond acceptors (Lipinski definition) is 5. The first-order chi connectivity index (χ1) is 11.5. The minimum absolute atomic E-state index is 0.0377. The maximum Gasteiger partial charge on any atom is 0.224 e. The van der Waals surface area contributed by atoms with Crippen LogP contribution in [0.1, 0.15) is 28.3 Å². The van der Waals surface area contributed by atoms with Crippen molar-refractivity contribution >= 4 is 17.2 Å². The number of rotatable bonds is 6. The van der Waals surface area contributed by atoms with E-state index in [2.05, 4.69) is 21.4 Å². The molecule has 3 rings (SSSR count). The molecule has 0 aliphatic carbocycles. The number of aromatic nitrogens is 1. The summed E-state index contributed by atoms with van der Waals surface area (Å²) in [4.78, 5) is 15.5. The van der Waals surface area contributed by atoms with E-state index in [1.54, 1.807) is 18.3 Å². The van der Waals surface area contributed by atoms with E-state index < -0.39 is 6.17 Å². The lowest BCUT2D eigenvalue weighted by Crippen LogP contribution is -2.40. The zero-order chi connectivity index (χ0) is 17.1. The van der Waals surface area contributed by atoms with Gasteiger partial charge in [-0.15, -0.1) is 11.3 Å². The predicted molar refractivity (Wildman–Crippen MR) is 90.7 cm³/mol. The first-order valence-electron chi connectivity index (χ1n) is 8.12. The van der Waals surface area contributed by atoms with E-state index in [1.807, 2.05) is 18.4 Å². The van der Waals surface area contributed by atoms with Crippen LogP contribution in [0, 0.1) is 13.8 Å². The lowest BCUT2D eigenvalue weighted by molar-refractivity contribution is -0.120. The maximum atomic E-state index is 13.8. The van der Waals surface area contributed by atoms with Gasteiger partial charge in [0.15, 0.2) is 0 Å². The van der Waals surface area contributed by atoms with Crippen LogP contribution < -0.4 is 5.32 Å². The van der Waals surface area contributed by atoms with E-state index in [-0.39, 0.29) is 18.4 Å². The zero-order valence-electron chi connectivity index (χ0n) is 13.9. The number of alkyl halides is 1. The molecular weight excluding hydrogens is 329 g/mol. The van der Waals surface area contributed by atoms with E-state index in [0.29, 0.717) is 25.3 Å². The van der Waals surface area contributed by atoms with Gasteiger partial charge in [0.1, 0.15) is 11.9 Å². The summed E-state index contributed by atoms with van der Waals surface area (Å²) < 4.78 is 18.9. The molecule has 1 amide bonds. The molecule has 1 N–H and O–H groups in total. The van der Waals surface area contributed by atoms with Crippen molar-refractivity contribution in [3.8, 4) is 0 Å². The van der Waals surface area contributed by atoms with E-state index in [1.165, 1.54) is 4.88 Å². The number of likely N-dealkylation sites (tertiary alicyclic amines) is 1. The van der Waals surface area contributed by atoms with Gasteiger partial charge in [0.05, 0.1) is 12.1 Å². The first kappa shape index (κ1) is 17.1. The number of nitrogens with one attached hydrogen (secondary N) is 1. The molecule has 2 atom stereocenters. The second-order valence-corrected chi connectivity index (χ2v) is 7.31. The van der Waals surface area contributed by atoms with Crippen LogP contribution in [0.25, 0.3) is 0 Å². The normalized spacial score (nSPS) is 21.3. The van der Waals surface area contributed by atoms with Crippen molar-refractivity contribution in [3.63, 3.8) is 0 Å². The number of amides is 1. The summed E-state index contributed by atoms with van der Waals surface area (Å²) in [5, 5.41) is 8.82. The highest BCUT2D eigenvalue weighted by Crippen LogP contribution is 2.24. The third-order valence-electron chi connectivity index (χ3n) is 4.47. The molecule has 1 aliphatic rings. The van der Waals surface area contributed by atoms with Crippen molar-refractivity contribution in [1.29, 1.82) is 0 Å². The van der Waals surface area contributed by atoms with Gasteiger partial charge in [-0.1, -0.05) is 11.2 Å². The molecule has 0 aromatic carbocycles. The van der Waals surface area contributed by atoms with Gasteiger partial charge < -0.3 is 9.84 Å². The summed E-state index contributed by atoms with van der Waals surface area (Å²) in [5.41, 5.74) is 1.57. The van der Waals surface area contributed by atoms with Gasteiger partial charge in [-0.05, 0) is 31.7 Å². The Balaban J connectivity index is 1.53. The molecule has 0 unspecified atom stereocenters. The number of hydrogen-bond donors (Lipinski definition) is 1. The maximum absolute atomic E-state index is 13.8. The van der Waals surface area contributed by atoms with Crippen molar-refractivity contribution in [1.82, 2.24) is 15.4 Å². The Morgan fingerprint density at radius 1 is 1.54 bits per heavy atom. The molecule has 5 nitrogen and oxygen atoms in total. The van der Waals surface area contributed by atoms with E-state index >= 15 is 0 Å². The van der Waals surface area contributed by atoms with Crippen molar-refractivity contribution in [2.24, 2.45) is 0 Å². The Morgan fingerprint density at radius 2 is 2.38 bits per heavy atom. The topological polar surface area (TPSA) is 58.4 Å². The van der Waals surface area contributed by atoms with Crippen LogP contribution in [-0.2, 0) is 17.8 Å². The average Bonchev–Trinajstić information content (AvgIpc) is 3.24. The molecule has 7 heteroatoms. The number of aryl methyl sites for hydroxylation is 2. The third-order valence-corrected chi connectivity index (χ3v) is 5.33. The largest absolute Gasteiger partial charge is 0.361 e. The molecule has 130 valence electrons. The molecule has 1 fully saturated rings. The number of thiophene rings is 1. The molecule has 1 aliphatic heterocycles. The van der Waals surface area contributed by atoms with Crippen molar-refractivity contribution < 1.29 is 13.7 Å². The molecule has 2 aromatic rings. The summed E-state index contributed by atoms with van der Waals surface area (Å²) in [6.45, 7) is 5.27. The number of halogens is 1. The van der Waals surface area contributed by atoms with Crippen LogP contribution >= 0.6 is 11.3 Å². The first-order valence-corrected chi connectivity index (χ1v) is 9.00. The van der Waals surface area contributed by atoms with Gasteiger partial charge in [0.25, 0.3) is 0 Å². The Labute approximate surface area is 144 Å². The second-order valence-electron chi connectivity index (χ2n) is 6.28. The molecule has 0 radical (unpaired) electrons. The van der Waals surface area contributed by atoms with Gasteiger partial charge in [-0.25, -0.2) is 4.39 Å². The third kappa shape index (κ3) is 4.02. The predicted octanol–water partition coefficient (Wildman–Crippen LogP) is 2.62. The second kappa shape index (κ2) is 7.44. The highest BCUT2D eigenvalue weighted by molar-refractivity contribution is 7.09. The molecule has 0 saturated carbocycles. The van der Waals surface area contributed by atoms with Crippen LogP contribution in [0.2, 0.25) is 0 Å².